The molecule has 4 aliphatic heterocycles. The first-order valence-corrected chi connectivity index (χ1v) is 30.3. The number of unbranched alkanes of at least 4 members (excludes halogenated alkanes) is 3. The normalized spacial score (nSPS) is 21.6. The molecule has 2 saturated heterocycles. The summed E-state index contributed by atoms with van der Waals surface area (Å²) in [5, 5.41) is 28.4. The van der Waals surface area contributed by atoms with E-state index in [0.717, 1.165) is 4.90 Å². The standard InChI is InChI=1S/C63H86FN9O15/c1-40(2)58(68-53(76)13-7-6-10-24-73-54(77)22-23-55(73)78)61(83)67-50(11-8-9-12-52(65)75)60(82)66-47-18-16-44(17-19-47)39-86-62(84)71-29-31-72(32-30-71)63(85)87-51-21-15-42(4)59(88-57(81)37-49(74)20-14-41(51)3)43(5)33-45-34-46(64)36-48(35-45)70-27-25-69(26-28-70)38-56(79)80/h15-19,21-23,33-36,40-42,49-51,58-59,74H,6-14,20,24-32,37-39H2,1-5H3,(H2,65,75)(H,66,82)(H,67,83)(H,68,76)(H,79,80)/b21-15+,43-33+/t41-,42-,49+,50-,51-,58-,59-/m0/s1. The molecule has 7 atom stereocenters. The maximum Gasteiger partial charge on any atom is 0.410 e. The quantitative estimate of drug-likeness (QED) is 0.0242. The molecule has 2 aromatic carbocycles. The van der Waals surface area contributed by atoms with Crippen molar-refractivity contribution in [2.45, 2.75) is 142 Å². The number of benzene rings is 2. The van der Waals surface area contributed by atoms with Gasteiger partial charge in [0.15, 0.2) is 0 Å². The van der Waals surface area contributed by atoms with Crippen LogP contribution in [-0.2, 0) is 59.2 Å². The highest BCUT2D eigenvalue weighted by Gasteiger charge is 2.33. The number of cyclic esters (lactones) is 1. The zero-order valence-corrected chi connectivity index (χ0v) is 51.0. The topological polar surface area (TPSA) is 317 Å². The third kappa shape index (κ3) is 21.9. The van der Waals surface area contributed by atoms with Crippen molar-refractivity contribution < 1.29 is 76.8 Å². The summed E-state index contributed by atoms with van der Waals surface area (Å²) >= 11 is 0. The van der Waals surface area contributed by atoms with Crippen LogP contribution in [0.3, 0.4) is 0 Å². The van der Waals surface area contributed by atoms with Gasteiger partial charge in [-0.05, 0) is 110 Å². The van der Waals surface area contributed by atoms with Gasteiger partial charge < -0.3 is 60.8 Å². The predicted molar refractivity (Wildman–Crippen MR) is 323 cm³/mol. The van der Waals surface area contributed by atoms with E-state index in [1.165, 1.54) is 34.1 Å². The number of rotatable bonds is 25. The molecule has 4 heterocycles. The Balaban J connectivity index is 0.981. The molecular formula is C63H86FN9O15. The van der Waals surface area contributed by atoms with E-state index in [2.05, 4.69) is 16.0 Å². The van der Waals surface area contributed by atoms with Crippen LogP contribution in [0.5, 0.6) is 0 Å². The number of piperazine rings is 2. The van der Waals surface area contributed by atoms with Gasteiger partial charge in [-0.3, -0.25) is 48.2 Å². The van der Waals surface area contributed by atoms with Crippen molar-refractivity contribution in [2.24, 2.45) is 23.5 Å². The number of nitrogens with one attached hydrogen (secondary N) is 3. The van der Waals surface area contributed by atoms with E-state index in [9.17, 15) is 58.2 Å². The summed E-state index contributed by atoms with van der Waals surface area (Å²) in [6.07, 6.45) is 7.04. The number of ether oxygens (including phenoxy) is 3. The minimum absolute atomic E-state index is 0.0693. The Kier molecular flexibility index (Phi) is 26.5. The zero-order valence-electron chi connectivity index (χ0n) is 51.0. The second-order valence-electron chi connectivity index (χ2n) is 23.5. The molecule has 0 aliphatic carbocycles. The Morgan fingerprint density at radius 1 is 0.795 bits per heavy atom. The lowest BCUT2D eigenvalue weighted by Crippen LogP contribution is -2.54. The average molecular weight is 1230 g/mol. The number of carboxylic acids is 1. The van der Waals surface area contributed by atoms with Crippen molar-refractivity contribution in [3.05, 3.63) is 89.3 Å². The lowest BCUT2D eigenvalue weighted by atomic mass is 9.91. The number of aliphatic hydroxyl groups excluding tert-OH is 1. The molecular weight excluding hydrogens is 1140 g/mol. The lowest BCUT2D eigenvalue weighted by Gasteiger charge is -2.35. The van der Waals surface area contributed by atoms with E-state index in [1.807, 2.05) is 35.8 Å². The van der Waals surface area contributed by atoms with Gasteiger partial charge in [-0.1, -0.05) is 64.8 Å². The highest BCUT2D eigenvalue weighted by molar-refractivity contribution is 6.12. The number of halogens is 1. The van der Waals surface area contributed by atoms with Crippen LogP contribution < -0.4 is 26.6 Å². The third-order valence-corrected chi connectivity index (χ3v) is 16.0. The molecule has 480 valence electrons. The number of carbonyl (C=O) groups is 10. The fraction of sp³-hybridized carbons (Fsp3) is 0.556. The van der Waals surface area contributed by atoms with Crippen LogP contribution in [-0.4, -0.2) is 185 Å². The summed E-state index contributed by atoms with van der Waals surface area (Å²) in [7, 11) is 0. The molecule has 0 radical (unpaired) electrons. The molecule has 24 nitrogen and oxygen atoms in total. The number of nitrogens with two attached hydrogens (primary N) is 1. The average Bonchev–Trinajstić information content (AvgIpc) is 3.98. The Labute approximate surface area is 513 Å². The molecule has 8 amide bonds. The van der Waals surface area contributed by atoms with E-state index < -0.39 is 84.0 Å². The first kappa shape index (κ1) is 68.9. The molecule has 0 spiro atoms. The molecule has 7 N–H and O–H groups in total. The lowest BCUT2D eigenvalue weighted by molar-refractivity contribution is -0.151. The SMILES string of the molecule is C/C(=C\c1cc(F)cc(N2CCN(CC(=O)O)CC2)c1)[C@H]1OC(=O)C[C@H](O)CC[C@H](C)[C@@H](OC(=O)N2CCN(C(=O)OCc3ccc(NC(=O)[C@H](CCCCC(N)=O)NC(=O)[C@@H](NC(=O)CCCCCN4C(=O)C=CC4=O)C(C)C)cc3)CC2)/C=C/[C@@H]1C. The summed E-state index contributed by atoms with van der Waals surface area (Å²) in [5.41, 5.74) is 8.10. The maximum absolute atomic E-state index is 15.1. The van der Waals surface area contributed by atoms with Crippen molar-refractivity contribution in [1.29, 1.82) is 0 Å². The molecule has 0 aromatic heterocycles. The molecule has 4 aliphatic rings. The Morgan fingerprint density at radius 2 is 1.45 bits per heavy atom. The number of carbonyl (C=O) groups excluding carboxylic acids is 9. The number of carboxylic acid groups (broad SMARTS) is 1. The molecule has 88 heavy (non-hydrogen) atoms. The van der Waals surface area contributed by atoms with Crippen LogP contribution in [0.2, 0.25) is 0 Å². The second-order valence-corrected chi connectivity index (χ2v) is 23.5. The first-order valence-electron chi connectivity index (χ1n) is 30.3. The van der Waals surface area contributed by atoms with Gasteiger partial charge in [0.2, 0.25) is 23.6 Å². The summed E-state index contributed by atoms with van der Waals surface area (Å²) in [5.74, 6) is -5.76. The van der Waals surface area contributed by atoms with Crippen molar-refractivity contribution in [3.8, 4) is 0 Å². The first-order chi connectivity index (χ1) is 41.9. The number of hydrogen-bond donors (Lipinski definition) is 6. The number of hydrogen-bond acceptors (Lipinski definition) is 16. The van der Waals surface area contributed by atoms with Gasteiger partial charge in [0.05, 0.1) is 19.1 Å². The largest absolute Gasteiger partial charge is 0.480 e. The number of amides is 8. The van der Waals surface area contributed by atoms with Crippen molar-refractivity contribution in [3.63, 3.8) is 0 Å². The zero-order chi connectivity index (χ0) is 64.0. The number of imide groups is 1. The van der Waals surface area contributed by atoms with E-state index in [1.54, 1.807) is 57.2 Å². The smallest absolute Gasteiger partial charge is 0.410 e. The number of aliphatic carboxylic acids is 1. The van der Waals surface area contributed by atoms with Crippen LogP contribution >= 0.6 is 0 Å². The number of primary amides is 1. The molecule has 2 fully saturated rings. The van der Waals surface area contributed by atoms with E-state index in [-0.39, 0.29) is 108 Å². The van der Waals surface area contributed by atoms with Gasteiger partial charge in [-0.25, -0.2) is 14.0 Å². The highest BCUT2D eigenvalue weighted by atomic mass is 19.1. The van der Waals surface area contributed by atoms with E-state index >= 15 is 4.39 Å². The number of anilines is 2. The molecule has 0 saturated carbocycles. The molecule has 0 unspecified atom stereocenters. The monoisotopic (exact) mass is 1230 g/mol. The predicted octanol–water partition coefficient (Wildman–Crippen LogP) is 5.28. The number of nitrogens with zero attached hydrogens (tertiary/aromatic N) is 5. The van der Waals surface area contributed by atoms with E-state index in [4.69, 9.17) is 19.9 Å². The summed E-state index contributed by atoms with van der Waals surface area (Å²) < 4.78 is 32.8. The molecule has 2 aromatic rings. The van der Waals surface area contributed by atoms with Crippen LogP contribution in [0.15, 0.2) is 72.3 Å². The highest BCUT2D eigenvalue weighted by Crippen LogP contribution is 2.28. The minimum atomic E-state index is -1.05. The maximum atomic E-state index is 15.1. The van der Waals surface area contributed by atoms with Crippen LogP contribution in [0, 0.1) is 23.6 Å². The van der Waals surface area contributed by atoms with Gasteiger partial charge in [0.25, 0.3) is 11.8 Å². The number of esters is 1. The van der Waals surface area contributed by atoms with Crippen molar-refractivity contribution in [1.82, 2.24) is 30.2 Å². The van der Waals surface area contributed by atoms with Gasteiger partial charge in [-0.2, -0.15) is 0 Å². The molecule has 25 heteroatoms. The summed E-state index contributed by atoms with van der Waals surface area (Å²) in [6, 6.07) is 9.17. The Bertz CT molecular complexity index is 2870. The van der Waals surface area contributed by atoms with E-state index in [0.29, 0.717) is 92.8 Å². The fourth-order valence-corrected chi connectivity index (χ4v) is 10.8. The van der Waals surface area contributed by atoms with Gasteiger partial charge >= 0.3 is 24.1 Å². The Hall–Kier alpha value is -8.19. The fourth-order valence-electron chi connectivity index (χ4n) is 10.8. The number of aliphatic hydroxyl groups is 1. The van der Waals surface area contributed by atoms with Gasteiger partial charge in [-0.15, -0.1) is 0 Å². The van der Waals surface area contributed by atoms with Crippen molar-refractivity contribution >= 4 is 77.0 Å². The van der Waals surface area contributed by atoms with Gasteiger partial charge in [0, 0.05) is 101 Å². The third-order valence-electron chi connectivity index (χ3n) is 16.0. The summed E-state index contributed by atoms with van der Waals surface area (Å²) in [4.78, 5) is 135. The molecule has 0 bridgehead atoms. The molecule has 6 rings (SSSR count). The minimum Gasteiger partial charge on any atom is -0.480 e. The van der Waals surface area contributed by atoms with Crippen molar-refractivity contribution in [2.75, 3.05) is 75.7 Å². The second kappa shape index (κ2) is 33.8. The Morgan fingerprint density at radius 3 is 2.10 bits per heavy atom. The van der Waals surface area contributed by atoms with Crippen LogP contribution in [0.1, 0.15) is 116 Å². The van der Waals surface area contributed by atoms with Crippen LogP contribution in [0.25, 0.3) is 6.08 Å². The van der Waals surface area contributed by atoms with Gasteiger partial charge in [0.1, 0.15) is 36.7 Å². The summed E-state index contributed by atoms with van der Waals surface area (Å²) in [6.45, 7) is 11.8. The van der Waals surface area contributed by atoms with Crippen LogP contribution in [0.4, 0.5) is 25.4 Å².